The molecule has 1 atom stereocenters. The molecule has 150 valence electrons. The third-order valence-corrected chi connectivity index (χ3v) is 5.19. The topological polar surface area (TPSA) is 71.1 Å². The van der Waals surface area contributed by atoms with Crippen molar-refractivity contribution in [1.82, 2.24) is 10.3 Å². The molecular formula is C22H22FN3O2S. The number of thiazole rings is 1. The van der Waals surface area contributed by atoms with Gasteiger partial charge in [0.2, 0.25) is 5.91 Å². The molecule has 0 aliphatic heterocycles. The van der Waals surface area contributed by atoms with Crippen LogP contribution < -0.4 is 10.6 Å². The summed E-state index contributed by atoms with van der Waals surface area (Å²) >= 11 is 1.31. The van der Waals surface area contributed by atoms with Gasteiger partial charge in [-0.1, -0.05) is 55.8 Å². The maximum atomic E-state index is 13.9. The van der Waals surface area contributed by atoms with Crippen LogP contribution in [-0.2, 0) is 4.79 Å². The number of amides is 2. The van der Waals surface area contributed by atoms with Gasteiger partial charge in [-0.2, -0.15) is 0 Å². The molecule has 0 aliphatic rings. The standard InChI is InChI=1S/C22H22FN3O2S/c1-13(2)19(25-20(27)16-6-4-5-7-17(16)23)21(28)26-22-24-18(12-29-22)15-10-8-14(3)9-11-15/h4-13,19H,1-3H3,(H,25,27)(H,24,26,28)/t19-/m0/s1. The van der Waals surface area contributed by atoms with Crippen molar-refractivity contribution in [2.24, 2.45) is 5.92 Å². The second kappa shape index (κ2) is 8.96. The molecule has 0 bridgehead atoms. The zero-order chi connectivity index (χ0) is 21.0. The number of nitrogens with zero attached hydrogens (tertiary/aromatic N) is 1. The molecular weight excluding hydrogens is 389 g/mol. The number of anilines is 1. The van der Waals surface area contributed by atoms with E-state index >= 15 is 0 Å². The van der Waals surface area contributed by atoms with Crippen molar-refractivity contribution in [3.63, 3.8) is 0 Å². The Morgan fingerprint density at radius 1 is 1.07 bits per heavy atom. The Morgan fingerprint density at radius 3 is 2.41 bits per heavy atom. The van der Waals surface area contributed by atoms with Gasteiger partial charge in [0.15, 0.2) is 5.13 Å². The SMILES string of the molecule is Cc1ccc(-c2csc(NC(=O)[C@@H](NC(=O)c3ccccc3F)C(C)C)n2)cc1. The quantitative estimate of drug-likeness (QED) is 0.620. The Labute approximate surface area is 173 Å². The number of carbonyl (C=O) groups is 2. The molecule has 2 N–H and O–H groups in total. The smallest absolute Gasteiger partial charge is 0.254 e. The van der Waals surface area contributed by atoms with Crippen molar-refractivity contribution < 1.29 is 14.0 Å². The van der Waals surface area contributed by atoms with Gasteiger partial charge in [0.25, 0.3) is 5.91 Å². The van der Waals surface area contributed by atoms with Crippen LogP contribution in [0.25, 0.3) is 11.3 Å². The zero-order valence-electron chi connectivity index (χ0n) is 16.4. The van der Waals surface area contributed by atoms with Gasteiger partial charge in [0.05, 0.1) is 11.3 Å². The minimum absolute atomic E-state index is 0.0955. The summed E-state index contributed by atoms with van der Waals surface area (Å²) in [5.74, 6) is -1.84. The molecule has 0 aliphatic carbocycles. The number of halogens is 1. The van der Waals surface area contributed by atoms with Crippen LogP contribution in [0.1, 0.15) is 29.8 Å². The summed E-state index contributed by atoms with van der Waals surface area (Å²) in [6.07, 6.45) is 0. The van der Waals surface area contributed by atoms with Crippen LogP contribution in [0.4, 0.5) is 9.52 Å². The van der Waals surface area contributed by atoms with Crippen molar-refractivity contribution in [3.05, 3.63) is 70.9 Å². The summed E-state index contributed by atoms with van der Waals surface area (Å²) in [7, 11) is 0. The average Bonchev–Trinajstić information content (AvgIpc) is 3.14. The average molecular weight is 412 g/mol. The lowest BCUT2D eigenvalue weighted by atomic mass is 10.0. The predicted molar refractivity (Wildman–Crippen MR) is 113 cm³/mol. The highest BCUT2D eigenvalue weighted by molar-refractivity contribution is 7.14. The number of nitrogens with one attached hydrogen (secondary N) is 2. The van der Waals surface area contributed by atoms with Gasteiger partial charge in [0, 0.05) is 10.9 Å². The fourth-order valence-electron chi connectivity index (χ4n) is 2.77. The number of hydrogen-bond donors (Lipinski definition) is 2. The van der Waals surface area contributed by atoms with Crippen LogP contribution in [0, 0.1) is 18.7 Å². The Balaban J connectivity index is 1.71. The summed E-state index contributed by atoms with van der Waals surface area (Å²) < 4.78 is 13.9. The number of carbonyl (C=O) groups excluding carboxylic acids is 2. The summed E-state index contributed by atoms with van der Waals surface area (Å²) in [4.78, 5) is 29.6. The van der Waals surface area contributed by atoms with Gasteiger partial charge >= 0.3 is 0 Å². The summed E-state index contributed by atoms with van der Waals surface area (Å²) in [6.45, 7) is 5.63. The molecule has 5 nitrogen and oxygen atoms in total. The molecule has 0 saturated heterocycles. The lowest BCUT2D eigenvalue weighted by molar-refractivity contribution is -0.118. The van der Waals surface area contributed by atoms with Crippen LogP contribution in [0.15, 0.2) is 53.9 Å². The van der Waals surface area contributed by atoms with Crippen LogP contribution in [0.5, 0.6) is 0 Å². The molecule has 2 aromatic carbocycles. The van der Waals surface area contributed by atoms with Crippen molar-refractivity contribution in [1.29, 1.82) is 0 Å². The van der Waals surface area contributed by atoms with E-state index in [0.29, 0.717) is 5.13 Å². The van der Waals surface area contributed by atoms with Crippen LogP contribution in [0.3, 0.4) is 0 Å². The summed E-state index contributed by atoms with van der Waals surface area (Å²) in [6, 6.07) is 12.8. The third kappa shape index (κ3) is 5.06. The largest absolute Gasteiger partial charge is 0.340 e. The number of rotatable bonds is 6. The van der Waals surface area contributed by atoms with E-state index in [1.807, 2.05) is 50.4 Å². The normalized spacial score (nSPS) is 11.9. The molecule has 3 rings (SSSR count). The molecule has 1 heterocycles. The van der Waals surface area contributed by atoms with Crippen molar-refractivity contribution in [3.8, 4) is 11.3 Å². The Bertz CT molecular complexity index is 1010. The highest BCUT2D eigenvalue weighted by Crippen LogP contribution is 2.25. The maximum Gasteiger partial charge on any atom is 0.254 e. The van der Waals surface area contributed by atoms with Gasteiger partial charge < -0.3 is 10.6 Å². The van der Waals surface area contributed by atoms with Gasteiger partial charge in [-0.15, -0.1) is 11.3 Å². The molecule has 0 radical (unpaired) electrons. The van der Waals surface area contributed by atoms with E-state index in [0.717, 1.165) is 16.8 Å². The van der Waals surface area contributed by atoms with E-state index < -0.39 is 23.7 Å². The van der Waals surface area contributed by atoms with Gasteiger partial charge in [-0.25, -0.2) is 9.37 Å². The number of aromatic nitrogens is 1. The minimum atomic E-state index is -0.825. The van der Waals surface area contributed by atoms with E-state index in [-0.39, 0.29) is 11.5 Å². The first-order valence-corrected chi connectivity index (χ1v) is 10.1. The minimum Gasteiger partial charge on any atom is -0.340 e. The van der Waals surface area contributed by atoms with Crippen LogP contribution >= 0.6 is 11.3 Å². The van der Waals surface area contributed by atoms with Crippen molar-refractivity contribution in [2.75, 3.05) is 5.32 Å². The zero-order valence-corrected chi connectivity index (χ0v) is 17.2. The highest BCUT2D eigenvalue weighted by atomic mass is 32.1. The highest BCUT2D eigenvalue weighted by Gasteiger charge is 2.26. The molecule has 0 saturated carbocycles. The number of benzene rings is 2. The van der Waals surface area contributed by atoms with E-state index in [1.54, 1.807) is 6.07 Å². The molecule has 1 aromatic heterocycles. The molecule has 0 unspecified atom stereocenters. The Morgan fingerprint density at radius 2 is 1.76 bits per heavy atom. The number of aryl methyl sites for hydroxylation is 1. The van der Waals surface area contributed by atoms with E-state index in [2.05, 4.69) is 15.6 Å². The van der Waals surface area contributed by atoms with Gasteiger partial charge in [-0.05, 0) is 25.0 Å². The first kappa shape index (κ1) is 20.7. The second-order valence-electron chi connectivity index (χ2n) is 7.07. The van der Waals surface area contributed by atoms with E-state index in [1.165, 1.54) is 29.5 Å². The fraction of sp³-hybridized carbons (Fsp3) is 0.227. The molecule has 2 amide bonds. The van der Waals surface area contributed by atoms with Gasteiger partial charge in [0.1, 0.15) is 11.9 Å². The van der Waals surface area contributed by atoms with Crippen molar-refractivity contribution in [2.45, 2.75) is 26.8 Å². The lowest BCUT2D eigenvalue weighted by Gasteiger charge is -2.21. The molecule has 7 heteroatoms. The molecule has 0 fully saturated rings. The Hall–Kier alpha value is -3.06. The first-order valence-electron chi connectivity index (χ1n) is 9.24. The van der Waals surface area contributed by atoms with Crippen molar-refractivity contribution >= 4 is 28.3 Å². The summed E-state index contributed by atoms with van der Waals surface area (Å²) in [5, 5.41) is 7.69. The molecule has 29 heavy (non-hydrogen) atoms. The summed E-state index contributed by atoms with van der Waals surface area (Å²) in [5.41, 5.74) is 2.78. The third-order valence-electron chi connectivity index (χ3n) is 4.44. The first-order chi connectivity index (χ1) is 13.8. The predicted octanol–water partition coefficient (Wildman–Crippen LogP) is 4.65. The second-order valence-corrected chi connectivity index (χ2v) is 7.93. The van der Waals surface area contributed by atoms with Crippen LogP contribution in [-0.4, -0.2) is 22.8 Å². The van der Waals surface area contributed by atoms with Gasteiger partial charge in [-0.3, -0.25) is 9.59 Å². The Kier molecular flexibility index (Phi) is 6.39. The van der Waals surface area contributed by atoms with E-state index in [9.17, 15) is 14.0 Å². The number of hydrogen-bond acceptors (Lipinski definition) is 4. The van der Waals surface area contributed by atoms with E-state index in [4.69, 9.17) is 0 Å². The maximum absolute atomic E-state index is 13.9. The monoisotopic (exact) mass is 411 g/mol. The molecule has 3 aromatic rings. The lowest BCUT2D eigenvalue weighted by Crippen LogP contribution is -2.47. The molecule has 0 spiro atoms. The van der Waals surface area contributed by atoms with Crippen LogP contribution in [0.2, 0.25) is 0 Å². The fourth-order valence-corrected chi connectivity index (χ4v) is 3.49.